The maximum atomic E-state index is 11.2. The third-order valence-corrected chi connectivity index (χ3v) is 4.06. The molecule has 0 aromatic rings. The van der Waals surface area contributed by atoms with Crippen LogP contribution in [-0.4, -0.2) is 31.9 Å². The van der Waals surface area contributed by atoms with E-state index in [-0.39, 0.29) is 12.0 Å². The third kappa shape index (κ3) is 2.63. The minimum atomic E-state index is -3.89. The molecule has 1 aliphatic carbocycles. The van der Waals surface area contributed by atoms with Gasteiger partial charge in [-0.3, -0.25) is 0 Å². The molecule has 0 aliphatic heterocycles. The molecule has 0 amide bonds. The molecule has 0 spiro atoms. The van der Waals surface area contributed by atoms with E-state index in [1.165, 1.54) is 7.11 Å². The number of ether oxygens (including phenoxy) is 1. The predicted octanol–water partition coefficient (Wildman–Crippen LogP) is 1.09. The maximum Gasteiger partial charge on any atom is 0.337 e. The fourth-order valence-corrected chi connectivity index (χ4v) is 2.90. The summed E-state index contributed by atoms with van der Waals surface area (Å²) in [4.78, 5) is 11.2. The fourth-order valence-electron chi connectivity index (χ4n) is 1.53. The number of methoxy groups -OCH3 is 1. The van der Waals surface area contributed by atoms with Gasteiger partial charge in [0.25, 0.3) is 0 Å². The quantitative estimate of drug-likeness (QED) is 0.589. The summed E-state index contributed by atoms with van der Waals surface area (Å²) < 4.78 is 26.6. The molecule has 86 valence electrons. The molecule has 1 rings (SSSR count). The number of hydrogen-bond donors (Lipinski definition) is 1. The molecule has 0 radical (unpaired) electrons. The van der Waals surface area contributed by atoms with Crippen molar-refractivity contribution in [2.45, 2.75) is 24.5 Å². The summed E-state index contributed by atoms with van der Waals surface area (Å²) in [6.45, 7) is 0. The van der Waals surface area contributed by atoms with Crippen LogP contribution >= 0.6 is 10.7 Å². The van der Waals surface area contributed by atoms with Gasteiger partial charge in [0.15, 0.2) is 0 Å². The van der Waals surface area contributed by atoms with Crippen molar-refractivity contribution >= 4 is 25.7 Å². The highest BCUT2D eigenvalue weighted by Gasteiger charge is 2.34. The molecule has 0 saturated heterocycles. The van der Waals surface area contributed by atoms with Gasteiger partial charge in [-0.25, -0.2) is 13.2 Å². The number of aliphatic hydroxyl groups is 1. The Bertz CT molecular complexity index is 397. The van der Waals surface area contributed by atoms with E-state index in [1.807, 2.05) is 0 Å². The molecule has 1 unspecified atom stereocenters. The molecule has 0 fully saturated rings. The van der Waals surface area contributed by atoms with Crippen LogP contribution in [0.2, 0.25) is 0 Å². The Morgan fingerprint density at radius 2 is 2.20 bits per heavy atom. The summed E-state index contributed by atoms with van der Waals surface area (Å²) in [5, 5.41) is 8.39. The van der Waals surface area contributed by atoms with Gasteiger partial charge in [0.1, 0.15) is 11.0 Å². The van der Waals surface area contributed by atoms with Crippen LogP contribution in [0, 0.1) is 0 Å². The van der Waals surface area contributed by atoms with Gasteiger partial charge in [-0.2, -0.15) is 0 Å². The summed E-state index contributed by atoms with van der Waals surface area (Å²) in [5.74, 6) is -1.19. The van der Waals surface area contributed by atoms with Crippen molar-refractivity contribution in [2.24, 2.45) is 0 Å². The fraction of sp³-hybridized carbons (Fsp3) is 0.625. The summed E-state index contributed by atoms with van der Waals surface area (Å²) in [6.07, 6.45) is 1.00. The molecular weight excluding hydrogens is 244 g/mol. The summed E-state index contributed by atoms with van der Waals surface area (Å²) in [6, 6.07) is 0. The van der Waals surface area contributed by atoms with Gasteiger partial charge in [-0.05, 0) is 19.3 Å². The van der Waals surface area contributed by atoms with E-state index in [0.717, 1.165) is 0 Å². The van der Waals surface area contributed by atoms with Crippen LogP contribution in [0.5, 0.6) is 0 Å². The summed E-state index contributed by atoms with van der Waals surface area (Å²) in [7, 11) is 2.42. The number of hydrogen-bond acceptors (Lipinski definition) is 5. The number of rotatable bonds is 2. The topological polar surface area (TPSA) is 80.7 Å². The third-order valence-electron chi connectivity index (χ3n) is 2.28. The van der Waals surface area contributed by atoms with E-state index < -0.39 is 26.0 Å². The first kappa shape index (κ1) is 12.3. The van der Waals surface area contributed by atoms with Gasteiger partial charge >= 0.3 is 5.97 Å². The molecule has 15 heavy (non-hydrogen) atoms. The first-order chi connectivity index (χ1) is 6.88. The van der Waals surface area contributed by atoms with Gasteiger partial charge < -0.3 is 9.84 Å². The van der Waals surface area contributed by atoms with Gasteiger partial charge in [0.05, 0.1) is 12.7 Å². The van der Waals surface area contributed by atoms with Crippen molar-refractivity contribution in [3.8, 4) is 0 Å². The van der Waals surface area contributed by atoms with Crippen LogP contribution in [0.3, 0.4) is 0 Å². The normalized spacial score (nSPS) is 22.7. The highest BCUT2D eigenvalue weighted by Crippen LogP contribution is 2.30. The molecule has 1 aliphatic rings. The van der Waals surface area contributed by atoms with Crippen LogP contribution < -0.4 is 0 Å². The van der Waals surface area contributed by atoms with Crippen LogP contribution in [0.1, 0.15) is 19.3 Å². The molecule has 5 nitrogen and oxygen atoms in total. The molecule has 1 atom stereocenters. The highest BCUT2D eigenvalue weighted by atomic mass is 35.7. The lowest BCUT2D eigenvalue weighted by atomic mass is 9.97. The lowest BCUT2D eigenvalue weighted by molar-refractivity contribution is -0.136. The number of carbonyl (C=O) groups excluding carboxylic acids is 1. The minimum Gasteiger partial charge on any atom is -0.510 e. The zero-order valence-electron chi connectivity index (χ0n) is 8.07. The van der Waals surface area contributed by atoms with Crippen LogP contribution in [-0.2, 0) is 18.6 Å². The molecule has 0 heterocycles. The smallest absolute Gasteiger partial charge is 0.337 e. The van der Waals surface area contributed by atoms with Crippen molar-refractivity contribution in [1.29, 1.82) is 0 Å². The minimum absolute atomic E-state index is 0.00187. The SMILES string of the molecule is COC(=O)C1=C(O)C(S(=O)(=O)Cl)CCC1. The van der Waals surface area contributed by atoms with E-state index in [9.17, 15) is 18.3 Å². The Labute approximate surface area is 92.1 Å². The Morgan fingerprint density at radius 3 is 2.67 bits per heavy atom. The van der Waals surface area contributed by atoms with Crippen molar-refractivity contribution in [2.75, 3.05) is 7.11 Å². The molecule has 0 saturated carbocycles. The molecule has 0 aromatic heterocycles. The lowest BCUT2D eigenvalue weighted by Gasteiger charge is -2.20. The van der Waals surface area contributed by atoms with E-state index in [4.69, 9.17) is 10.7 Å². The predicted molar refractivity (Wildman–Crippen MR) is 54.1 cm³/mol. The Hall–Kier alpha value is -0.750. The van der Waals surface area contributed by atoms with Crippen LogP contribution in [0.4, 0.5) is 0 Å². The van der Waals surface area contributed by atoms with E-state index >= 15 is 0 Å². The van der Waals surface area contributed by atoms with Gasteiger partial charge in [0, 0.05) is 10.7 Å². The first-order valence-corrected chi connectivity index (χ1v) is 6.69. The molecule has 0 aromatic carbocycles. The molecule has 7 heteroatoms. The number of aliphatic hydroxyl groups excluding tert-OH is 1. The Balaban J connectivity index is 3.11. The van der Waals surface area contributed by atoms with Crippen LogP contribution in [0.15, 0.2) is 11.3 Å². The largest absolute Gasteiger partial charge is 0.510 e. The zero-order chi connectivity index (χ0) is 11.6. The van der Waals surface area contributed by atoms with Crippen molar-refractivity contribution < 1.29 is 23.1 Å². The van der Waals surface area contributed by atoms with Gasteiger partial charge in [-0.1, -0.05) is 0 Å². The summed E-state index contributed by atoms with van der Waals surface area (Å²) in [5.41, 5.74) is -0.00187. The highest BCUT2D eigenvalue weighted by molar-refractivity contribution is 8.14. The average Bonchev–Trinajstić information content (AvgIpc) is 2.15. The average molecular weight is 255 g/mol. The standard InChI is InChI=1S/C8H11ClO5S/c1-14-8(11)5-3-2-4-6(7(5)10)15(9,12)13/h6,10H,2-4H2,1H3. The second-order valence-corrected chi connectivity index (χ2v) is 6.02. The maximum absolute atomic E-state index is 11.2. The molecular formula is C8H11ClO5S. The summed E-state index contributed by atoms with van der Waals surface area (Å²) >= 11 is 0. The molecule has 0 bridgehead atoms. The van der Waals surface area contributed by atoms with Crippen molar-refractivity contribution in [1.82, 2.24) is 0 Å². The van der Waals surface area contributed by atoms with Gasteiger partial charge in [0.2, 0.25) is 9.05 Å². The van der Waals surface area contributed by atoms with Crippen molar-refractivity contribution in [3.05, 3.63) is 11.3 Å². The van der Waals surface area contributed by atoms with Gasteiger partial charge in [-0.15, -0.1) is 0 Å². The van der Waals surface area contributed by atoms with E-state index in [0.29, 0.717) is 12.8 Å². The monoisotopic (exact) mass is 254 g/mol. The Kier molecular flexibility index (Phi) is 3.62. The van der Waals surface area contributed by atoms with Crippen LogP contribution in [0.25, 0.3) is 0 Å². The van der Waals surface area contributed by atoms with E-state index in [1.54, 1.807) is 0 Å². The second kappa shape index (κ2) is 4.40. The molecule has 1 N–H and O–H groups in total. The second-order valence-electron chi connectivity index (χ2n) is 3.21. The zero-order valence-corrected chi connectivity index (χ0v) is 9.64. The Morgan fingerprint density at radius 1 is 1.60 bits per heavy atom. The van der Waals surface area contributed by atoms with Crippen molar-refractivity contribution in [3.63, 3.8) is 0 Å². The number of halogens is 1. The first-order valence-electron chi connectivity index (χ1n) is 4.31. The lowest BCUT2D eigenvalue weighted by Crippen LogP contribution is -2.26. The number of esters is 1. The van der Waals surface area contributed by atoms with E-state index in [2.05, 4.69) is 4.74 Å². The number of carbonyl (C=O) groups is 1.